The molecule has 1 aliphatic heterocycles. The molecule has 2 N–H and O–H groups in total. The van der Waals surface area contributed by atoms with Gasteiger partial charge in [-0.2, -0.15) is 0 Å². The minimum absolute atomic E-state index is 0.0595. The third-order valence-corrected chi connectivity index (χ3v) is 4.06. The Balaban J connectivity index is 2.17. The Hall–Kier alpha value is -1.06. The molecule has 1 fully saturated rings. The predicted octanol–water partition coefficient (Wildman–Crippen LogP) is 3.13. The molecule has 1 unspecified atom stereocenters. The Kier molecular flexibility index (Phi) is 4.83. The smallest absolute Gasteiger partial charge is 0.239 e. The van der Waals surface area contributed by atoms with Gasteiger partial charge in [-0.15, -0.1) is 0 Å². The van der Waals surface area contributed by atoms with Crippen molar-refractivity contribution in [2.24, 2.45) is 5.73 Å². The molecular weight excluding hydrogens is 260 g/mol. The highest BCUT2D eigenvalue weighted by Crippen LogP contribution is 2.35. The number of nitrogens with two attached hydrogens (primary N) is 1. The van der Waals surface area contributed by atoms with Crippen LogP contribution in [0.15, 0.2) is 24.3 Å². The first-order valence-electron chi connectivity index (χ1n) is 6.95. The van der Waals surface area contributed by atoms with Crippen molar-refractivity contribution in [1.29, 1.82) is 0 Å². The van der Waals surface area contributed by atoms with Crippen LogP contribution in [-0.2, 0) is 4.79 Å². The van der Waals surface area contributed by atoms with Crippen molar-refractivity contribution in [3.63, 3.8) is 0 Å². The fourth-order valence-corrected chi connectivity index (χ4v) is 3.01. The van der Waals surface area contributed by atoms with Crippen LogP contribution in [0.2, 0.25) is 5.02 Å². The first-order valence-corrected chi connectivity index (χ1v) is 7.33. The summed E-state index contributed by atoms with van der Waals surface area (Å²) in [6.07, 6.45) is 3.65. The number of likely N-dealkylation sites (tertiary alicyclic amines) is 1. The summed E-state index contributed by atoms with van der Waals surface area (Å²) in [4.78, 5) is 14.3. The number of halogens is 1. The van der Waals surface area contributed by atoms with Crippen molar-refractivity contribution < 1.29 is 4.79 Å². The minimum atomic E-state index is -0.381. The molecule has 3 nitrogen and oxygen atoms in total. The summed E-state index contributed by atoms with van der Waals surface area (Å²) < 4.78 is 0. The molecule has 104 valence electrons. The summed E-state index contributed by atoms with van der Waals surface area (Å²) in [5.74, 6) is 0.0595. The van der Waals surface area contributed by atoms with Crippen molar-refractivity contribution >= 4 is 17.5 Å². The van der Waals surface area contributed by atoms with E-state index in [9.17, 15) is 4.79 Å². The lowest BCUT2D eigenvalue weighted by atomic mass is 10.0. The van der Waals surface area contributed by atoms with Gasteiger partial charge in [-0.25, -0.2) is 0 Å². The quantitative estimate of drug-likeness (QED) is 0.921. The normalized spacial score (nSPS) is 20.6. The fourth-order valence-electron chi connectivity index (χ4n) is 2.75. The Morgan fingerprint density at radius 1 is 1.53 bits per heavy atom. The highest BCUT2D eigenvalue weighted by molar-refractivity contribution is 6.31. The third-order valence-electron chi connectivity index (χ3n) is 3.72. The lowest BCUT2D eigenvalue weighted by molar-refractivity contribution is -0.133. The molecule has 0 aliphatic carbocycles. The SMILES string of the molecule is CCC[C@H](N)C(=O)N1CCCC1c1ccccc1Cl. The largest absolute Gasteiger partial charge is 0.334 e. The Labute approximate surface area is 119 Å². The van der Waals surface area contributed by atoms with Gasteiger partial charge < -0.3 is 10.6 Å². The molecule has 0 aromatic heterocycles. The van der Waals surface area contributed by atoms with Crippen LogP contribution in [0.25, 0.3) is 0 Å². The van der Waals surface area contributed by atoms with Gasteiger partial charge in [0.2, 0.25) is 5.91 Å². The van der Waals surface area contributed by atoms with Gasteiger partial charge in [0.25, 0.3) is 0 Å². The minimum Gasteiger partial charge on any atom is -0.334 e. The molecular formula is C15H21ClN2O. The van der Waals surface area contributed by atoms with Crippen LogP contribution in [0, 0.1) is 0 Å². The van der Waals surface area contributed by atoms with Crippen LogP contribution in [-0.4, -0.2) is 23.4 Å². The van der Waals surface area contributed by atoms with Crippen LogP contribution < -0.4 is 5.73 Å². The second-order valence-electron chi connectivity index (χ2n) is 5.11. The van der Waals surface area contributed by atoms with Crippen molar-refractivity contribution in [2.75, 3.05) is 6.54 Å². The maximum absolute atomic E-state index is 12.4. The Bertz CT molecular complexity index is 450. The van der Waals surface area contributed by atoms with E-state index < -0.39 is 0 Å². The van der Waals surface area contributed by atoms with E-state index in [1.807, 2.05) is 36.1 Å². The van der Waals surface area contributed by atoms with E-state index in [1.54, 1.807) is 0 Å². The second-order valence-corrected chi connectivity index (χ2v) is 5.51. The van der Waals surface area contributed by atoms with E-state index in [1.165, 1.54) is 0 Å². The molecule has 2 atom stereocenters. The molecule has 4 heteroatoms. The van der Waals surface area contributed by atoms with E-state index in [0.29, 0.717) is 0 Å². The fraction of sp³-hybridized carbons (Fsp3) is 0.533. The lowest BCUT2D eigenvalue weighted by Crippen LogP contribution is -2.43. The van der Waals surface area contributed by atoms with Gasteiger partial charge in [0.1, 0.15) is 0 Å². The lowest BCUT2D eigenvalue weighted by Gasteiger charge is -2.28. The number of carbonyl (C=O) groups is 1. The topological polar surface area (TPSA) is 46.3 Å². The van der Waals surface area contributed by atoms with Gasteiger partial charge >= 0.3 is 0 Å². The van der Waals surface area contributed by atoms with Gasteiger partial charge in [0.15, 0.2) is 0 Å². The van der Waals surface area contributed by atoms with E-state index in [4.69, 9.17) is 17.3 Å². The number of rotatable bonds is 4. The van der Waals surface area contributed by atoms with Crippen molar-refractivity contribution in [3.05, 3.63) is 34.9 Å². The van der Waals surface area contributed by atoms with Crippen LogP contribution in [0.5, 0.6) is 0 Å². The zero-order chi connectivity index (χ0) is 13.8. The molecule has 1 aromatic carbocycles. The first kappa shape index (κ1) is 14.4. The standard InChI is InChI=1S/C15H21ClN2O/c1-2-6-13(17)15(19)18-10-5-9-14(18)11-7-3-4-8-12(11)16/h3-4,7-8,13-14H,2,5-6,9-10,17H2,1H3/t13-,14?/m0/s1. The van der Waals surface area contributed by atoms with E-state index in [0.717, 1.165) is 42.8 Å². The number of nitrogens with zero attached hydrogens (tertiary/aromatic N) is 1. The second kappa shape index (κ2) is 6.40. The van der Waals surface area contributed by atoms with Gasteiger partial charge in [-0.05, 0) is 30.9 Å². The summed E-state index contributed by atoms with van der Waals surface area (Å²) in [5, 5.41) is 0.733. The molecule has 1 aliphatic rings. The van der Waals surface area contributed by atoms with Crippen LogP contribution >= 0.6 is 11.6 Å². The van der Waals surface area contributed by atoms with Crippen LogP contribution in [0.1, 0.15) is 44.2 Å². The molecule has 0 spiro atoms. The molecule has 0 radical (unpaired) electrons. The van der Waals surface area contributed by atoms with Gasteiger partial charge in [-0.1, -0.05) is 43.1 Å². The maximum Gasteiger partial charge on any atom is 0.239 e. The summed E-state index contributed by atoms with van der Waals surface area (Å²) in [7, 11) is 0. The Morgan fingerprint density at radius 2 is 2.26 bits per heavy atom. The van der Waals surface area contributed by atoms with Crippen LogP contribution in [0.3, 0.4) is 0 Å². The highest BCUT2D eigenvalue weighted by Gasteiger charge is 2.33. The molecule has 2 rings (SSSR count). The average molecular weight is 281 g/mol. The molecule has 1 aromatic rings. The van der Waals surface area contributed by atoms with Crippen molar-refractivity contribution in [2.45, 2.75) is 44.7 Å². The molecule has 0 saturated carbocycles. The zero-order valence-corrected chi connectivity index (χ0v) is 12.1. The third kappa shape index (κ3) is 3.10. The predicted molar refractivity (Wildman–Crippen MR) is 78.0 cm³/mol. The van der Waals surface area contributed by atoms with Crippen molar-refractivity contribution in [1.82, 2.24) is 4.90 Å². The van der Waals surface area contributed by atoms with E-state index in [2.05, 4.69) is 0 Å². The summed E-state index contributed by atoms with van der Waals surface area (Å²) in [6, 6.07) is 7.47. The maximum atomic E-state index is 12.4. The van der Waals surface area contributed by atoms with Crippen molar-refractivity contribution in [3.8, 4) is 0 Å². The van der Waals surface area contributed by atoms with Crippen LogP contribution in [0.4, 0.5) is 0 Å². The highest BCUT2D eigenvalue weighted by atomic mass is 35.5. The number of hydrogen-bond acceptors (Lipinski definition) is 2. The zero-order valence-electron chi connectivity index (χ0n) is 11.3. The van der Waals surface area contributed by atoms with Gasteiger partial charge in [0.05, 0.1) is 12.1 Å². The monoisotopic (exact) mass is 280 g/mol. The molecule has 1 heterocycles. The molecule has 19 heavy (non-hydrogen) atoms. The van der Waals surface area contributed by atoms with E-state index >= 15 is 0 Å². The molecule has 1 saturated heterocycles. The molecule has 0 bridgehead atoms. The summed E-state index contributed by atoms with van der Waals surface area (Å²) in [6.45, 7) is 2.83. The number of amides is 1. The number of carbonyl (C=O) groups excluding carboxylic acids is 1. The number of benzene rings is 1. The van der Waals surface area contributed by atoms with Gasteiger partial charge in [-0.3, -0.25) is 4.79 Å². The molecule has 1 amide bonds. The average Bonchev–Trinajstić information content (AvgIpc) is 2.87. The summed E-state index contributed by atoms with van der Waals surface area (Å²) >= 11 is 6.25. The van der Waals surface area contributed by atoms with E-state index in [-0.39, 0.29) is 18.0 Å². The van der Waals surface area contributed by atoms with Gasteiger partial charge in [0, 0.05) is 11.6 Å². The summed E-state index contributed by atoms with van der Waals surface area (Å²) in [5.41, 5.74) is 7.00. The Morgan fingerprint density at radius 3 is 2.95 bits per heavy atom. The number of hydrogen-bond donors (Lipinski definition) is 1. The first-order chi connectivity index (χ1) is 9.15.